The summed E-state index contributed by atoms with van der Waals surface area (Å²) >= 11 is 0. The Bertz CT molecular complexity index is 988. The summed E-state index contributed by atoms with van der Waals surface area (Å²) in [6, 6.07) is 9.70. The largest absolute Gasteiger partial charge is 0.497 e. The van der Waals surface area contributed by atoms with Crippen LogP contribution in [0, 0.1) is 0 Å². The SMILES string of the molecule is COc1ccc(OC)c(CN2CCN(S(=O)(=O)c3ccccc3C(F)(F)F)CC2)c1. The molecule has 0 spiro atoms. The first-order chi connectivity index (χ1) is 14.2. The number of benzene rings is 2. The number of methoxy groups -OCH3 is 2. The summed E-state index contributed by atoms with van der Waals surface area (Å²) in [5.74, 6) is 1.36. The van der Waals surface area contributed by atoms with E-state index in [0.29, 0.717) is 31.1 Å². The molecule has 2 aromatic carbocycles. The fourth-order valence-corrected chi connectivity index (χ4v) is 5.07. The molecule has 30 heavy (non-hydrogen) atoms. The summed E-state index contributed by atoms with van der Waals surface area (Å²) in [5, 5.41) is 0. The normalized spacial score (nSPS) is 16.4. The van der Waals surface area contributed by atoms with Crippen molar-refractivity contribution in [3.8, 4) is 11.5 Å². The van der Waals surface area contributed by atoms with Crippen molar-refractivity contribution in [3.63, 3.8) is 0 Å². The number of hydrogen-bond acceptors (Lipinski definition) is 5. The van der Waals surface area contributed by atoms with Gasteiger partial charge in [-0.2, -0.15) is 17.5 Å². The lowest BCUT2D eigenvalue weighted by atomic mass is 10.1. The van der Waals surface area contributed by atoms with Gasteiger partial charge in [-0.1, -0.05) is 12.1 Å². The Morgan fingerprint density at radius 3 is 2.23 bits per heavy atom. The number of nitrogens with zero attached hydrogens (tertiary/aromatic N) is 2. The average Bonchev–Trinajstić information content (AvgIpc) is 2.73. The molecule has 2 aromatic rings. The highest BCUT2D eigenvalue weighted by Crippen LogP contribution is 2.35. The molecule has 10 heteroatoms. The second-order valence-electron chi connectivity index (χ2n) is 6.85. The summed E-state index contributed by atoms with van der Waals surface area (Å²) in [6.07, 6.45) is -4.74. The van der Waals surface area contributed by atoms with Gasteiger partial charge in [-0.3, -0.25) is 4.90 Å². The summed E-state index contributed by atoms with van der Waals surface area (Å²) in [6.45, 7) is 1.47. The predicted octanol–water partition coefficient (Wildman–Crippen LogP) is 3.23. The van der Waals surface area contributed by atoms with Crippen LogP contribution in [0.1, 0.15) is 11.1 Å². The Hall–Kier alpha value is -2.30. The van der Waals surface area contributed by atoms with E-state index >= 15 is 0 Å². The van der Waals surface area contributed by atoms with Crippen LogP contribution in [-0.2, 0) is 22.7 Å². The van der Waals surface area contributed by atoms with E-state index in [9.17, 15) is 21.6 Å². The molecule has 1 heterocycles. The summed E-state index contributed by atoms with van der Waals surface area (Å²) in [7, 11) is -1.13. The number of alkyl halides is 3. The number of piperazine rings is 1. The molecule has 1 aliphatic heterocycles. The van der Waals surface area contributed by atoms with Gasteiger partial charge in [0.15, 0.2) is 0 Å². The van der Waals surface area contributed by atoms with Gasteiger partial charge in [0, 0.05) is 38.3 Å². The number of sulfonamides is 1. The molecule has 0 saturated carbocycles. The number of hydrogen-bond donors (Lipinski definition) is 0. The average molecular weight is 444 g/mol. The third-order valence-corrected chi connectivity index (χ3v) is 6.98. The Balaban J connectivity index is 1.74. The zero-order valence-corrected chi connectivity index (χ0v) is 17.5. The molecule has 164 valence electrons. The molecule has 0 N–H and O–H groups in total. The van der Waals surface area contributed by atoms with Gasteiger partial charge < -0.3 is 9.47 Å². The molecular formula is C20H23F3N2O4S. The van der Waals surface area contributed by atoms with E-state index in [1.54, 1.807) is 26.4 Å². The number of ether oxygens (including phenoxy) is 2. The Kier molecular flexibility index (Phi) is 6.59. The van der Waals surface area contributed by atoms with Crippen molar-refractivity contribution in [3.05, 3.63) is 53.6 Å². The minimum absolute atomic E-state index is 0.0980. The van der Waals surface area contributed by atoms with E-state index in [1.807, 2.05) is 11.0 Å². The minimum Gasteiger partial charge on any atom is -0.497 e. The van der Waals surface area contributed by atoms with Gasteiger partial charge in [-0.15, -0.1) is 0 Å². The topological polar surface area (TPSA) is 59.1 Å². The van der Waals surface area contributed by atoms with Crippen LogP contribution >= 0.6 is 0 Å². The molecule has 1 fully saturated rings. The van der Waals surface area contributed by atoms with Crippen LogP contribution in [0.3, 0.4) is 0 Å². The van der Waals surface area contributed by atoms with Crippen LogP contribution in [0.4, 0.5) is 13.2 Å². The van der Waals surface area contributed by atoms with Crippen LogP contribution in [0.2, 0.25) is 0 Å². The molecule has 0 radical (unpaired) electrons. The molecule has 0 aliphatic carbocycles. The van der Waals surface area contributed by atoms with E-state index in [1.165, 1.54) is 12.1 Å². The third-order valence-electron chi connectivity index (χ3n) is 5.02. The standard InChI is InChI=1S/C20H23F3N2O4S/c1-28-16-7-8-18(29-2)15(13-16)14-24-9-11-25(12-10-24)30(26,27)19-6-4-3-5-17(19)20(21,22)23/h3-8,13H,9-12,14H2,1-2H3. The third kappa shape index (κ3) is 4.71. The predicted molar refractivity (Wildman–Crippen MR) is 105 cm³/mol. The maximum atomic E-state index is 13.3. The maximum absolute atomic E-state index is 13.3. The van der Waals surface area contributed by atoms with Crippen molar-refractivity contribution in [1.29, 1.82) is 0 Å². The van der Waals surface area contributed by atoms with E-state index in [4.69, 9.17) is 9.47 Å². The molecule has 3 rings (SSSR count). The Morgan fingerprint density at radius 1 is 0.967 bits per heavy atom. The van der Waals surface area contributed by atoms with Gasteiger partial charge in [0.2, 0.25) is 10.0 Å². The van der Waals surface area contributed by atoms with Crippen molar-refractivity contribution in [2.24, 2.45) is 0 Å². The molecule has 0 aromatic heterocycles. The van der Waals surface area contributed by atoms with Gasteiger partial charge in [-0.25, -0.2) is 8.42 Å². The minimum atomic E-state index is -4.74. The summed E-state index contributed by atoms with van der Waals surface area (Å²) in [4.78, 5) is 1.32. The first kappa shape index (κ1) is 22.4. The molecule has 6 nitrogen and oxygen atoms in total. The Labute approximate surface area is 173 Å². The molecular weight excluding hydrogens is 421 g/mol. The Morgan fingerprint density at radius 2 is 1.63 bits per heavy atom. The monoisotopic (exact) mass is 444 g/mol. The maximum Gasteiger partial charge on any atom is 0.417 e. The zero-order chi connectivity index (χ0) is 21.9. The highest BCUT2D eigenvalue weighted by Gasteiger charge is 2.39. The van der Waals surface area contributed by atoms with Crippen LogP contribution in [-0.4, -0.2) is 58.0 Å². The molecule has 1 saturated heterocycles. The molecule has 0 atom stereocenters. The van der Waals surface area contributed by atoms with Crippen LogP contribution in [0.15, 0.2) is 47.4 Å². The van der Waals surface area contributed by atoms with E-state index < -0.39 is 26.7 Å². The number of halogens is 3. The molecule has 0 amide bonds. The lowest BCUT2D eigenvalue weighted by Gasteiger charge is -2.34. The van der Waals surface area contributed by atoms with Gasteiger partial charge in [0.05, 0.1) is 24.7 Å². The van der Waals surface area contributed by atoms with Crippen LogP contribution in [0.25, 0.3) is 0 Å². The summed E-state index contributed by atoms with van der Waals surface area (Å²) < 4.78 is 77.3. The van der Waals surface area contributed by atoms with E-state index in [0.717, 1.165) is 22.0 Å². The highest BCUT2D eigenvalue weighted by atomic mass is 32.2. The van der Waals surface area contributed by atoms with Crippen molar-refractivity contribution in [2.45, 2.75) is 17.6 Å². The number of rotatable bonds is 6. The fourth-order valence-electron chi connectivity index (χ4n) is 3.44. The smallest absolute Gasteiger partial charge is 0.417 e. The molecule has 0 unspecified atom stereocenters. The quantitative estimate of drug-likeness (QED) is 0.685. The van der Waals surface area contributed by atoms with Crippen molar-refractivity contribution >= 4 is 10.0 Å². The fraction of sp³-hybridized carbons (Fsp3) is 0.400. The first-order valence-electron chi connectivity index (χ1n) is 9.26. The van der Waals surface area contributed by atoms with Gasteiger partial charge in [-0.05, 0) is 30.3 Å². The van der Waals surface area contributed by atoms with Crippen molar-refractivity contribution in [2.75, 3.05) is 40.4 Å². The second kappa shape index (κ2) is 8.83. The van der Waals surface area contributed by atoms with Crippen LogP contribution in [0.5, 0.6) is 11.5 Å². The lowest BCUT2D eigenvalue weighted by molar-refractivity contribution is -0.139. The van der Waals surface area contributed by atoms with E-state index in [-0.39, 0.29) is 13.1 Å². The first-order valence-corrected chi connectivity index (χ1v) is 10.7. The van der Waals surface area contributed by atoms with Crippen molar-refractivity contribution < 1.29 is 31.1 Å². The van der Waals surface area contributed by atoms with Crippen molar-refractivity contribution in [1.82, 2.24) is 9.21 Å². The van der Waals surface area contributed by atoms with Gasteiger partial charge in [0.1, 0.15) is 11.5 Å². The molecule has 1 aliphatic rings. The van der Waals surface area contributed by atoms with Crippen LogP contribution < -0.4 is 9.47 Å². The molecule has 0 bridgehead atoms. The summed E-state index contributed by atoms with van der Waals surface area (Å²) in [5.41, 5.74) is -0.260. The lowest BCUT2D eigenvalue weighted by Crippen LogP contribution is -2.48. The highest BCUT2D eigenvalue weighted by molar-refractivity contribution is 7.89. The van der Waals surface area contributed by atoms with Gasteiger partial charge >= 0.3 is 6.18 Å². The second-order valence-corrected chi connectivity index (χ2v) is 8.76. The van der Waals surface area contributed by atoms with E-state index in [2.05, 4.69) is 0 Å². The van der Waals surface area contributed by atoms with Gasteiger partial charge in [0.25, 0.3) is 0 Å². The zero-order valence-electron chi connectivity index (χ0n) is 16.6.